The van der Waals surface area contributed by atoms with E-state index in [1.165, 1.54) is 0 Å². The Kier molecular flexibility index (Phi) is 4.15. The van der Waals surface area contributed by atoms with Crippen LogP contribution in [0.2, 0.25) is 0 Å². The van der Waals surface area contributed by atoms with Crippen LogP contribution < -0.4 is 9.47 Å². The second-order valence-electron chi connectivity index (χ2n) is 5.37. The number of hydrogen-bond acceptors (Lipinski definition) is 4. The molecule has 3 rings (SSSR count). The van der Waals surface area contributed by atoms with Gasteiger partial charge >= 0.3 is 0 Å². The Labute approximate surface area is 125 Å². The molecule has 4 heteroatoms. The molecule has 0 radical (unpaired) electrons. The molecule has 112 valence electrons. The van der Waals surface area contributed by atoms with Crippen LogP contribution in [0.5, 0.6) is 11.5 Å². The molecular formula is C17H21NO3. The highest BCUT2D eigenvalue weighted by atomic mass is 16.5. The quantitative estimate of drug-likeness (QED) is 0.862. The second kappa shape index (κ2) is 6.22. The third-order valence-electron chi connectivity index (χ3n) is 3.83. The minimum Gasteiger partial charge on any atom is -0.497 e. The summed E-state index contributed by atoms with van der Waals surface area (Å²) >= 11 is 0. The van der Waals surface area contributed by atoms with Gasteiger partial charge in [0.05, 0.1) is 19.9 Å². The van der Waals surface area contributed by atoms with Gasteiger partial charge in [-0.1, -0.05) is 6.92 Å². The summed E-state index contributed by atoms with van der Waals surface area (Å²) in [5.74, 6) is 2.81. The first-order valence-corrected chi connectivity index (χ1v) is 7.36. The fraction of sp³-hybridized carbons (Fsp3) is 0.412. The third kappa shape index (κ3) is 3.22. The highest BCUT2D eigenvalue weighted by Gasteiger charge is 2.22. The van der Waals surface area contributed by atoms with Crippen LogP contribution in [0.3, 0.4) is 0 Å². The number of benzene rings is 1. The minimum absolute atomic E-state index is 0.203. The van der Waals surface area contributed by atoms with E-state index in [-0.39, 0.29) is 6.10 Å². The first-order valence-electron chi connectivity index (χ1n) is 7.36. The average Bonchev–Trinajstić information content (AvgIpc) is 2.93. The zero-order chi connectivity index (χ0) is 14.7. The predicted octanol–water partition coefficient (Wildman–Crippen LogP) is 3.46. The summed E-state index contributed by atoms with van der Waals surface area (Å²) in [6.45, 7) is 4.69. The van der Waals surface area contributed by atoms with Crippen LogP contribution in [-0.4, -0.2) is 24.7 Å². The van der Waals surface area contributed by atoms with Crippen molar-refractivity contribution in [2.24, 2.45) is 0 Å². The molecule has 1 aromatic heterocycles. The van der Waals surface area contributed by atoms with Gasteiger partial charge in [-0.05, 0) is 36.8 Å². The van der Waals surface area contributed by atoms with Gasteiger partial charge in [-0.15, -0.1) is 0 Å². The molecule has 1 unspecified atom stereocenters. The van der Waals surface area contributed by atoms with Crippen LogP contribution >= 0.6 is 0 Å². The Hall–Kier alpha value is -1.94. The molecule has 0 spiro atoms. The van der Waals surface area contributed by atoms with Gasteiger partial charge in [0.25, 0.3) is 0 Å². The molecule has 0 saturated carbocycles. The van der Waals surface area contributed by atoms with Crippen molar-refractivity contribution in [3.05, 3.63) is 47.9 Å². The van der Waals surface area contributed by atoms with Crippen molar-refractivity contribution >= 4 is 0 Å². The minimum atomic E-state index is 0.203. The van der Waals surface area contributed by atoms with E-state index in [9.17, 15) is 0 Å². The Balaban J connectivity index is 1.85. The molecule has 0 aliphatic carbocycles. The first kappa shape index (κ1) is 14.0. The van der Waals surface area contributed by atoms with Crippen molar-refractivity contribution in [1.82, 2.24) is 4.90 Å². The number of fused-ring (bicyclic) bond motifs is 1. The van der Waals surface area contributed by atoms with E-state index in [1.54, 1.807) is 13.4 Å². The molecule has 4 nitrogen and oxygen atoms in total. The maximum absolute atomic E-state index is 6.13. The molecule has 0 amide bonds. The third-order valence-corrected chi connectivity index (χ3v) is 3.83. The van der Waals surface area contributed by atoms with Gasteiger partial charge in [0.1, 0.15) is 23.4 Å². The standard InChI is InChI=1S/C17H21NO3/c1-3-14-11-18(12-16-5-4-8-20-16)10-13-9-15(19-2)6-7-17(13)21-14/h4-9,14H,3,10-12H2,1-2H3. The van der Waals surface area contributed by atoms with Gasteiger partial charge in [-0.2, -0.15) is 0 Å². The molecule has 1 aliphatic rings. The topological polar surface area (TPSA) is 34.8 Å². The van der Waals surface area contributed by atoms with Gasteiger partial charge in [-0.25, -0.2) is 0 Å². The van der Waals surface area contributed by atoms with E-state index >= 15 is 0 Å². The average molecular weight is 287 g/mol. The van der Waals surface area contributed by atoms with Gasteiger partial charge in [0.2, 0.25) is 0 Å². The fourth-order valence-corrected chi connectivity index (χ4v) is 2.69. The highest BCUT2D eigenvalue weighted by Crippen LogP contribution is 2.30. The van der Waals surface area contributed by atoms with Gasteiger partial charge in [0.15, 0.2) is 0 Å². The van der Waals surface area contributed by atoms with Crippen LogP contribution in [0.25, 0.3) is 0 Å². The summed E-state index contributed by atoms with van der Waals surface area (Å²) in [7, 11) is 1.69. The summed E-state index contributed by atoms with van der Waals surface area (Å²) in [4.78, 5) is 2.36. The van der Waals surface area contributed by atoms with E-state index < -0.39 is 0 Å². The SMILES string of the molecule is CCC1CN(Cc2ccco2)Cc2cc(OC)ccc2O1. The van der Waals surface area contributed by atoms with E-state index in [0.717, 1.165) is 48.9 Å². The van der Waals surface area contributed by atoms with E-state index in [4.69, 9.17) is 13.9 Å². The van der Waals surface area contributed by atoms with Gasteiger partial charge in [-0.3, -0.25) is 4.90 Å². The molecule has 1 aliphatic heterocycles. The summed E-state index contributed by atoms with van der Waals surface area (Å²) in [6.07, 6.45) is 2.91. The lowest BCUT2D eigenvalue weighted by Crippen LogP contribution is -2.31. The molecule has 21 heavy (non-hydrogen) atoms. The van der Waals surface area contributed by atoms with Crippen molar-refractivity contribution in [2.45, 2.75) is 32.5 Å². The van der Waals surface area contributed by atoms with Gasteiger partial charge < -0.3 is 13.9 Å². The van der Waals surface area contributed by atoms with Crippen LogP contribution in [0, 0.1) is 0 Å². The summed E-state index contributed by atoms with van der Waals surface area (Å²) in [5.41, 5.74) is 1.16. The number of furan rings is 1. The lowest BCUT2D eigenvalue weighted by molar-refractivity contribution is 0.134. The van der Waals surface area contributed by atoms with Crippen molar-refractivity contribution in [3.63, 3.8) is 0 Å². The Morgan fingerprint density at radius 3 is 2.95 bits per heavy atom. The number of hydrogen-bond donors (Lipinski definition) is 0. The molecule has 0 N–H and O–H groups in total. The van der Waals surface area contributed by atoms with Crippen molar-refractivity contribution in [3.8, 4) is 11.5 Å². The zero-order valence-electron chi connectivity index (χ0n) is 12.5. The molecule has 0 bridgehead atoms. The maximum atomic E-state index is 6.13. The molecule has 1 aromatic carbocycles. The summed E-state index contributed by atoms with van der Waals surface area (Å²) < 4.78 is 16.9. The van der Waals surface area contributed by atoms with Crippen molar-refractivity contribution in [2.75, 3.05) is 13.7 Å². The smallest absolute Gasteiger partial charge is 0.124 e. The number of ether oxygens (including phenoxy) is 2. The lowest BCUT2D eigenvalue weighted by Gasteiger charge is -2.22. The largest absolute Gasteiger partial charge is 0.497 e. The maximum Gasteiger partial charge on any atom is 0.124 e. The van der Waals surface area contributed by atoms with E-state index in [1.807, 2.05) is 24.3 Å². The number of methoxy groups -OCH3 is 1. The Morgan fingerprint density at radius 1 is 1.33 bits per heavy atom. The van der Waals surface area contributed by atoms with Crippen molar-refractivity contribution in [1.29, 1.82) is 0 Å². The molecule has 0 fully saturated rings. The summed E-state index contributed by atoms with van der Waals surface area (Å²) in [5, 5.41) is 0. The van der Waals surface area contributed by atoms with E-state index in [2.05, 4.69) is 17.9 Å². The Bertz CT molecular complexity index is 580. The van der Waals surface area contributed by atoms with E-state index in [0.29, 0.717) is 0 Å². The van der Waals surface area contributed by atoms with Crippen LogP contribution in [0.4, 0.5) is 0 Å². The normalized spacial score (nSPS) is 18.7. The first-order chi connectivity index (χ1) is 10.3. The summed E-state index contributed by atoms with van der Waals surface area (Å²) in [6, 6.07) is 9.96. The van der Waals surface area contributed by atoms with Crippen LogP contribution in [0.15, 0.2) is 41.0 Å². The second-order valence-corrected chi connectivity index (χ2v) is 5.37. The Morgan fingerprint density at radius 2 is 2.24 bits per heavy atom. The molecule has 1 atom stereocenters. The van der Waals surface area contributed by atoms with Crippen LogP contribution in [-0.2, 0) is 13.1 Å². The highest BCUT2D eigenvalue weighted by molar-refractivity contribution is 5.41. The molecule has 0 saturated heterocycles. The number of nitrogens with zero attached hydrogens (tertiary/aromatic N) is 1. The lowest BCUT2D eigenvalue weighted by atomic mass is 10.1. The number of rotatable bonds is 4. The van der Waals surface area contributed by atoms with Crippen LogP contribution in [0.1, 0.15) is 24.7 Å². The monoisotopic (exact) mass is 287 g/mol. The van der Waals surface area contributed by atoms with Crippen molar-refractivity contribution < 1.29 is 13.9 Å². The van der Waals surface area contributed by atoms with Gasteiger partial charge in [0, 0.05) is 18.7 Å². The fourth-order valence-electron chi connectivity index (χ4n) is 2.69. The molecule has 2 heterocycles. The zero-order valence-corrected chi connectivity index (χ0v) is 12.5. The predicted molar refractivity (Wildman–Crippen MR) is 80.5 cm³/mol. The molecule has 2 aromatic rings. The molecular weight excluding hydrogens is 266 g/mol.